The lowest BCUT2D eigenvalue weighted by Gasteiger charge is -2.36. The number of hydrogen-bond acceptors (Lipinski definition) is 3. The zero-order valence-electron chi connectivity index (χ0n) is 12.9. The Bertz CT molecular complexity index is 540. The van der Waals surface area contributed by atoms with Gasteiger partial charge in [-0.15, -0.1) is 0 Å². The highest BCUT2D eigenvalue weighted by Crippen LogP contribution is 2.22. The van der Waals surface area contributed by atoms with Gasteiger partial charge in [0, 0.05) is 51.2 Å². The molecule has 22 heavy (non-hydrogen) atoms. The molecule has 0 atom stereocenters. The van der Waals surface area contributed by atoms with Crippen LogP contribution in [0.25, 0.3) is 0 Å². The fraction of sp³-hybridized carbons (Fsp3) is 0.562. The molecule has 0 radical (unpaired) electrons. The first-order valence-electron chi connectivity index (χ1n) is 7.95. The van der Waals surface area contributed by atoms with E-state index in [-0.39, 0.29) is 18.0 Å². The largest absolute Gasteiger partial charge is 0.338 e. The molecule has 0 spiro atoms. The number of nitrogens with zero attached hydrogens (tertiary/aromatic N) is 4. The van der Waals surface area contributed by atoms with Gasteiger partial charge in [0.2, 0.25) is 0 Å². The van der Waals surface area contributed by atoms with Gasteiger partial charge in [-0.1, -0.05) is 0 Å². The molecule has 0 saturated carbocycles. The molecule has 1 aromatic heterocycles. The van der Waals surface area contributed by atoms with Gasteiger partial charge in [0.1, 0.15) is 0 Å². The van der Waals surface area contributed by atoms with Crippen LogP contribution in [-0.2, 0) is 0 Å². The van der Waals surface area contributed by atoms with E-state index in [2.05, 4.69) is 4.98 Å². The van der Waals surface area contributed by atoms with Crippen LogP contribution in [-0.4, -0.2) is 70.4 Å². The molecule has 118 valence electrons. The van der Waals surface area contributed by atoms with E-state index in [0.717, 1.165) is 32.5 Å². The molecule has 6 nitrogen and oxygen atoms in total. The topological polar surface area (TPSA) is 56.8 Å². The lowest BCUT2D eigenvalue weighted by molar-refractivity contribution is 0.0663. The van der Waals surface area contributed by atoms with Crippen molar-refractivity contribution in [3.8, 4) is 0 Å². The SMILES string of the molecule is CCN1CCN(C2CCN(C(=O)c3cccnc3)CC2)C1=O. The van der Waals surface area contributed by atoms with Crippen LogP contribution in [0.5, 0.6) is 0 Å². The van der Waals surface area contributed by atoms with Gasteiger partial charge in [-0.25, -0.2) is 4.79 Å². The summed E-state index contributed by atoms with van der Waals surface area (Å²) >= 11 is 0. The summed E-state index contributed by atoms with van der Waals surface area (Å²) in [5.41, 5.74) is 0.635. The predicted molar refractivity (Wildman–Crippen MR) is 82.5 cm³/mol. The van der Waals surface area contributed by atoms with Crippen LogP contribution in [0, 0.1) is 0 Å². The summed E-state index contributed by atoms with van der Waals surface area (Å²) in [5.74, 6) is 0.0366. The van der Waals surface area contributed by atoms with Crippen molar-refractivity contribution in [1.82, 2.24) is 19.7 Å². The summed E-state index contributed by atoms with van der Waals surface area (Å²) in [7, 11) is 0. The molecular formula is C16H22N4O2. The van der Waals surface area contributed by atoms with Gasteiger partial charge in [-0.2, -0.15) is 0 Å². The lowest BCUT2D eigenvalue weighted by atomic mass is 10.0. The van der Waals surface area contributed by atoms with Gasteiger partial charge in [-0.05, 0) is 31.9 Å². The fourth-order valence-electron chi connectivity index (χ4n) is 3.29. The Morgan fingerprint density at radius 2 is 2.05 bits per heavy atom. The number of piperidine rings is 1. The molecule has 1 aromatic rings. The van der Waals surface area contributed by atoms with Gasteiger partial charge in [0.05, 0.1) is 5.56 Å². The van der Waals surface area contributed by atoms with Gasteiger partial charge < -0.3 is 14.7 Å². The quantitative estimate of drug-likeness (QED) is 0.849. The van der Waals surface area contributed by atoms with E-state index >= 15 is 0 Å². The van der Waals surface area contributed by atoms with Crippen molar-refractivity contribution in [2.24, 2.45) is 0 Å². The molecule has 2 fully saturated rings. The third kappa shape index (κ3) is 2.77. The van der Waals surface area contributed by atoms with Gasteiger partial charge in [-0.3, -0.25) is 9.78 Å². The highest BCUT2D eigenvalue weighted by Gasteiger charge is 2.35. The van der Waals surface area contributed by atoms with E-state index in [9.17, 15) is 9.59 Å². The summed E-state index contributed by atoms with van der Waals surface area (Å²) < 4.78 is 0. The highest BCUT2D eigenvalue weighted by molar-refractivity contribution is 5.93. The third-order valence-corrected chi connectivity index (χ3v) is 4.61. The van der Waals surface area contributed by atoms with E-state index in [1.807, 2.05) is 21.6 Å². The second-order valence-corrected chi connectivity index (χ2v) is 5.82. The molecular weight excluding hydrogens is 280 g/mol. The van der Waals surface area contributed by atoms with Crippen molar-refractivity contribution < 1.29 is 9.59 Å². The first-order chi connectivity index (χ1) is 10.7. The number of urea groups is 1. The Hall–Kier alpha value is -2.11. The van der Waals surface area contributed by atoms with Crippen LogP contribution in [0.3, 0.4) is 0 Å². The number of carbonyl (C=O) groups is 2. The minimum atomic E-state index is 0.0366. The Morgan fingerprint density at radius 3 is 2.64 bits per heavy atom. The smallest absolute Gasteiger partial charge is 0.320 e. The van der Waals surface area contributed by atoms with E-state index in [1.165, 1.54) is 0 Å². The molecule has 3 amide bonds. The first-order valence-corrected chi connectivity index (χ1v) is 7.95. The number of pyridine rings is 1. The minimum Gasteiger partial charge on any atom is -0.338 e. The first kappa shape index (κ1) is 14.8. The van der Waals surface area contributed by atoms with Crippen LogP contribution in [0.2, 0.25) is 0 Å². The summed E-state index contributed by atoms with van der Waals surface area (Å²) in [4.78, 5) is 34.4. The van der Waals surface area contributed by atoms with Crippen molar-refractivity contribution in [2.75, 3.05) is 32.7 Å². The molecule has 6 heteroatoms. The maximum atomic E-state index is 12.4. The van der Waals surface area contributed by atoms with Gasteiger partial charge in [0.15, 0.2) is 0 Å². The maximum Gasteiger partial charge on any atom is 0.320 e. The normalized spacial score (nSPS) is 19.9. The monoisotopic (exact) mass is 302 g/mol. The second kappa shape index (κ2) is 6.34. The van der Waals surface area contributed by atoms with E-state index in [4.69, 9.17) is 0 Å². The highest BCUT2D eigenvalue weighted by atomic mass is 16.2. The minimum absolute atomic E-state index is 0.0366. The average molecular weight is 302 g/mol. The number of hydrogen-bond donors (Lipinski definition) is 0. The summed E-state index contributed by atoms with van der Waals surface area (Å²) in [6.45, 7) is 5.82. The van der Waals surface area contributed by atoms with Crippen LogP contribution in [0.1, 0.15) is 30.1 Å². The number of rotatable bonds is 3. The van der Waals surface area contributed by atoms with Crippen molar-refractivity contribution in [3.05, 3.63) is 30.1 Å². The summed E-state index contributed by atoms with van der Waals surface area (Å²) in [6.07, 6.45) is 4.99. The number of amides is 3. The van der Waals surface area contributed by atoms with Crippen molar-refractivity contribution in [2.45, 2.75) is 25.8 Å². The molecule has 0 aliphatic carbocycles. The molecule has 0 N–H and O–H groups in total. The Kier molecular flexibility index (Phi) is 4.27. The number of likely N-dealkylation sites (N-methyl/N-ethyl adjacent to an activating group) is 1. The van der Waals surface area contributed by atoms with E-state index in [1.54, 1.807) is 24.5 Å². The van der Waals surface area contributed by atoms with E-state index < -0.39 is 0 Å². The predicted octanol–water partition coefficient (Wildman–Crippen LogP) is 1.44. The van der Waals surface area contributed by atoms with Crippen molar-refractivity contribution in [1.29, 1.82) is 0 Å². The summed E-state index contributed by atoms with van der Waals surface area (Å²) in [5, 5.41) is 0. The van der Waals surface area contributed by atoms with Crippen molar-refractivity contribution in [3.63, 3.8) is 0 Å². The van der Waals surface area contributed by atoms with Crippen LogP contribution in [0.4, 0.5) is 4.79 Å². The molecule has 2 saturated heterocycles. The molecule has 0 unspecified atom stereocenters. The van der Waals surface area contributed by atoms with Gasteiger partial charge in [0.25, 0.3) is 5.91 Å². The summed E-state index contributed by atoms with van der Waals surface area (Å²) in [6, 6.07) is 3.99. The zero-order valence-corrected chi connectivity index (χ0v) is 12.9. The van der Waals surface area contributed by atoms with Crippen LogP contribution < -0.4 is 0 Å². The Labute approximate surface area is 130 Å². The Balaban J connectivity index is 1.57. The number of aromatic nitrogens is 1. The molecule has 0 aromatic carbocycles. The fourth-order valence-corrected chi connectivity index (χ4v) is 3.29. The van der Waals surface area contributed by atoms with Gasteiger partial charge >= 0.3 is 6.03 Å². The maximum absolute atomic E-state index is 12.4. The van der Waals surface area contributed by atoms with Crippen molar-refractivity contribution >= 4 is 11.9 Å². The molecule has 2 aliphatic heterocycles. The van der Waals surface area contributed by atoms with Crippen LogP contribution in [0.15, 0.2) is 24.5 Å². The number of carbonyl (C=O) groups excluding carboxylic acids is 2. The average Bonchev–Trinajstić information content (AvgIpc) is 2.96. The zero-order chi connectivity index (χ0) is 15.5. The van der Waals surface area contributed by atoms with Crippen LogP contribution >= 0.6 is 0 Å². The second-order valence-electron chi connectivity index (χ2n) is 5.82. The molecule has 2 aliphatic rings. The molecule has 3 rings (SSSR count). The lowest BCUT2D eigenvalue weighted by Crippen LogP contribution is -2.48. The Morgan fingerprint density at radius 1 is 1.27 bits per heavy atom. The molecule has 0 bridgehead atoms. The standard InChI is InChI=1S/C16H22N4O2/c1-2-18-10-11-20(16(18)22)14-5-8-19(9-6-14)15(21)13-4-3-7-17-12-13/h3-4,7,12,14H,2,5-6,8-11H2,1H3. The van der Waals surface area contributed by atoms with E-state index in [0.29, 0.717) is 18.7 Å². The third-order valence-electron chi connectivity index (χ3n) is 4.61. The molecule has 3 heterocycles. The number of likely N-dealkylation sites (tertiary alicyclic amines) is 1.